The first-order valence-electron chi connectivity index (χ1n) is 9.40. The highest BCUT2D eigenvalue weighted by molar-refractivity contribution is 6.11. The van der Waals surface area contributed by atoms with Crippen LogP contribution >= 0.6 is 0 Å². The molecule has 1 fully saturated rings. The maximum atomic E-state index is 13.2. The fourth-order valence-electron chi connectivity index (χ4n) is 4.09. The summed E-state index contributed by atoms with van der Waals surface area (Å²) in [7, 11) is 0. The van der Waals surface area contributed by atoms with Gasteiger partial charge < -0.3 is 5.32 Å². The number of carbonyl (C=O) groups is 2. The summed E-state index contributed by atoms with van der Waals surface area (Å²) in [6, 6.07) is 21.5. The summed E-state index contributed by atoms with van der Waals surface area (Å²) in [5.74, 6) is -0.277. The Labute approximate surface area is 162 Å². The molecule has 2 atom stereocenters. The normalized spacial score (nSPS) is 21.4. The first-order chi connectivity index (χ1) is 13.7. The van der Waals surface area contributed by atoms with Crippen molar-refractivity contribution in [1.82, 2.24) is 10.9 Å². The second-order valence-electron chi connectivity index (χ2n) is 7.19. The van der Waals surface area contributed by atoms with Gasteiger partial charge in [-0.1, -0.05) is 54.6 Å². The molecule has 5 rings (SSSR count). The molecule has 6 heteroatoms. The number of hydrogen-bond acceptors (Lipinski definition) is 4. The molecular formula is C22H20N4O2. The first kappa shape index (κ1) is 16.9. The first-order valence-corrected chi connectivity index (χ1v) is 9.40. The molecule has 28 heavy (non-hydrogen) atoms. The molecule has 0 aliphatic carbocycles. The smallest absolute Gasteiger partial charge is 0.246 e. The van der Waals surface area contributed by atoms with Crippen LogP contribution in [-0.2, 0) is 9.59 Å². The zero-order valence-electron chi connectivity index (χ0n) is 15.2. The number of nitrogens with zero attached hydrogens (tertiary/aromatic N) is 1. The van der Waals surface area contributed by atoms with Crippen molar-refractivity contribution in [2.75, 3.05) is 16.8 Å². The SMILES string of the molecule is O=C1CN(C(=O)C2CC(c3cccc4ccccc34)NN2)c2ccccc2N1. The fraction of sp³-hybridized carbons (Fsp3) is 0.182. The van der Waals surface area contributed by atoms with Crippen molar-refractivity contribution in [3.05, 3.63) is 72.3 Å². The quantitative estimate of drug-likeness (QED) is 0.647. The van der Waals surface area contributed by atoms with E-state index in [2.05, 4.69) is 40.4 Å². The highest BCUT2D eigenvalue weighted by Gasteiger charge is 2.36. The summed E-state index contributed by atoms with van der Waals surface area (Å²) in [6.07, 6.45) is 0.618. The summed E-state index contributed by atoms with van der Waals surface area (Å²) < 4.78 is 0. The van der Waals surface area contributed by atoms with E-state index in [9.17, 15) is 9.59 Å². The van der Waals surface area contributed by atoms with Gasteiger partial charge in [-0.3, -0.25) is 14.5 Å². The molecule has 2 unspecified atom stereocenters. The van der Waals surface area contributed by atoms with Gasteiger partial charge in [0.05, 0.1) is 11.4 Å². The van der Waals surface area contributed by atoms with Crippen molar-refractivity contribution >= 4 is 34.0 Å². The molecule has 3 aromatic carbocycles. The number of carbonyl (C=O) groups excluding carboxylic acids is 2. The zero-order chi connectivity index (χ0) is 19.1. The van der Waals surface area contributed by atoms with Gasteiger partial charge in [0.1, 0.15) is 12.6 Å². The molecule has 140 valence electrons. The lowest BCUT2D eigenvalue weighted by Gasteiger charge is -2.30. The molecule has 3 aromatic rings. The highest BCUT2D eigenvalue weighted by Crippen LogP contribution is 2.33. The molecule has 3 N–H and O–H groups in total. The average molecular weight is 372 g/mol. The predicted molar refractivity (Wildman–Crippen MR) is 109 cm³/mol. The van der Waals surface area contributed by atoms with E-state index in [1.165, 1.54) is 10.8 Å². The Hall–Kier alpha value is -3.22. The Morgan fingerprint density at radius 2 is 1.71 bits per heavy atom. The second kappa shape index (κ2) is 6.74. The molecule has 2 aliphatic heterocycles. The van der Waals surface area contributed by atoms with Gasteiger partial charge >= 0.3 is 0 Å². The van der Waals surface area contributed by atoms with Crippen LogP contribution in [-0.4, -0.2) is 24.4 Å². The Morgan fingerprint density at radius 1 is 0.929 bits per heavy atom. The van der Waals surface area contributed by atoms with E-state index in [-0.39, 0.29) is 24.4 Å². The summed E-state index contributed by atoms with van der Waals surface area (Å²) in [6.45, 7) is 0.0347. The number of benzene rings is 3. The van der Waals surface area contributed by atoms with E-state index >= 15 is 0 Å². The third-order valence-corrected chi connectivity index (χ3v) is 5.44. The van der Waals surface area contributed by atoms with Crippen LogP contribution in [0.2, 0.25) is 0 Å². The van der Waals surface area contributed by atoms with Crippen molar-refractivity contribution < 1.29 is 9.59 Å². The van der Waals surface area contributed by atoms with Crippen molar-refractivity contribution in [3.8, 4) is 0 Å². The van der Waals surface area contributed by atoms with Crippen molar-refractivity contribution in [2.45, 2.75) is 18.5 Å². The van der Waals surface area contributed by atoms with Gasteiger partial charge in [0.25, 0.3) is 0 Å². The van der Waals surface area contributed by atoms with Gasteiger partial charge in [0.2, 0.25) is 11.8 Å². The molecule has 0 radical (unpaired) electrons. The zero-order valence-corrected chi connectivity index (χ0v) is 15.2. The molecule has 0 saturated carbocycles. The minimum absolute atomic E-state index is 0.0221. The van der Waals surface area contributed by atoms with Crippen LogP contribution in [0.4, 0.5) is 11.4 Å². The Kier molecular flexibility index (Phi) is 4.07. The maximum Gasteiger partial charge on any atom is 0.246 e. The van der Waals surface area contributed by atoms with Gasteiger partial charge in [-0.15, -0.1) is 0 Å². The number of amides is 2. The molecule has 0 bridgehead atoms. The molecule has 2 amide bonds. The second-order valence-corrected chi connectivity index (χ2v) is 7.19. The van der Waals surface area contributed by atoms with Crippen molar-refractivity contribution in [1.29, 1.82) is 0 Å². The van der Waals surface area contributed by atoms with Crippen LogP contribution in [0.25, 0.3) is 10.8 Å². The molecule has 0 spiro atoms. The van der Waals surface area contributed by atoms with Gasteiger partial charge in [-0.25, -0.2) is 10.9 Å². The minimum Gasteiger partial charge on any atom is -0.323 e. The number of nitrogens with one attached hydrogen (secondary N) is 3. The van der Waals surface area contributed by atoms with E-state index in [4.69, 9.17) is 0 Å². The number of hydrogen-bond donors (Lipinski definition) is 3. The topological polar surface area (TPSA) is 73.5 Å². The number of anilines is 2. The van der Waals surface area contributed by atoms with Gasteiger partial charge in [-0.05, 0) is 34.9 Å². The lowest BCUT2D eigenvalue weighted by molar-refractivity contribution is -0.123. The number of fused-ring (bicyclic) bond motifs is 2. The predicted octanol–water partition coefficient (Wildman–Crippen LogP) is 2.73. The van der Waals surface area contributed by atoms with Gasteiger partial charge in [0, 0.05) is 6.04 Å². The average Bonchev–Trinajstić information content (AvgIpc) is 3.22. The van der Waals surface area contributed by atoms with Crippen molar-refractivity contribution in [3.63, 3.8) is 0 Å². The largest absolute Gasteiger partial charge is 0.323 e. The monoisotopic (exact) mass is 372 g/mol. The third kappa shape index (κ3) is 2.83. The summed E-state index contributed by atoms with van der Waals surface area (Å²) in [4.78, 5) is 26.8. The Balaban J connectivity index is 1.41. The van der Waals surface area contributed by atoms with Crippen LogP contribution < -0.4 is 21.1 Å². The Bertz CT molecular complexity index is 1080. The molecule has 0 aromatic heterocycles. The van der Waals surface area contributed by atoms with Gasteiger partial charge in [-0.2, -0.15) is 0 Å². The molecule has 2 heterocycles. The fourth-order valence-corrected chi connectivity index (χ4v) is 4.09. The number of para-hydroxylation sites is 2. The lowest BCUT2D eigenvalue weighted by atomic mass is 9.95. The molecule has 1 saturated heterocycles. The lowest BCUT2D eigenvalue weighted by Crippen LogP contribution is -2.50. The van der Waals surface area contributed by atoms with Gasteiger partial charge in [0.15, 0.2) is 0 Å². The molecule has 6 nitrogen and oxygen atoms in total. The number of rotatable bonds is 2. The standard InChI is InChI=1S/C22H20N4O2/c27-21-13-26(20-11-4-3-10-17(20)23-21)22(28)19-12-18(24-25-19)16-9-5-7-14-6-1-2-8-15(14)16/h1-11,18-19,24-25H,12-13H2,(H,23,27). The van der Waals surface area contributed by atoms with Crippen LogP contribution in [0, 0.1) is 0 Å². The minimum atomic E-state index is -0.400. The Morgan fingerprint density at radius 3 is 2.64 bits per heavy atom. The van der Waals surface area contributed by atoms with E-state index < -0.39 is 6.04 Å². The maximum absolute atomic E-state index is 13.2. The summed E-state index contributed by atoms with van der Waals surface area (Å²) >= 11 is 0. The van der Waals surface area contributed by atoms with Crippen LogP contribution in [0.3, 0.4) is 0 Å². The van der Waals surface area contributed by atoms with Crippen LogP contribution in [0.1, 0.15) is 18.0 Å². The van der Waals surface area contributed by atoms with E-state index in [0.717, 1.165) is 11.3 Å². The van der Waals surface area contributed by atoms with Crippen molar-refractivity contribution in [2.24, 2.45) is 0 Å². The summed E-state index contributed by atoms with van der Waals surface area (Å²) in [5.41, 5.74) is 8.98. The summed E-state index contributed by atoms with van der Waals surface area (Å²) in [5, 5.41) is 5.18. The highest BCUT2D eigenvalue weighted by atomic mass is 16.2. The molecular weight excluding hydrogens is 352 g/mol. The van der Waals surface area contributed by atoms with Crippen LogP contribution in [0.15, 0.2) is 66.7 Å². The van der Waals surface area contributed by atoms with Crippen LogP contribution in [0.5, 0.6) is 0 Å². The number of hydrazine groups is 1. The van der Waals surface area contributed by atoms with E-state index in [1.54, 1.807) is 4.90 Å². The van der Waals surface area contributed by atoms with E-state index in [0.29, 0.717) is 12.1 Å². The third-order valence-electron chi connectivity index (χ3n) is 5.44. The van der Waals surface area contributed by atoms with E-state index in [1.807, 2.05) is 42.5 Å². The molecule has 2 aliphatic rings.